The maximum absolute atomic E-state index is 9.13. The molecule has 3 fully saturated rings. The molecule has 27 heavy (non-hydrogen) atoms. The number of nitrogens with zero attached hydrogens (tertiary/aromatic N) is 3. The lowest BCUT2D eigenvalue weighted by molar-refractivity contribution is -0.0675. The van der Waals surface area contributed by atoms with E-state index in [0.717, 1.165) is 41.7 Å². The van der Waals surface area contributed by atoms with Crippen molar-refractivity contribution in [3.63, 3.8) is 0 Å². The van der Waals surface area contributed by atoms with Crippen molar-refractivity contribution in [2.45, 2.75) is 25.0 Å². The molecule has 0 spiro atoms. The Labute approximate surface area is 160 Å². The summed E-state index contributed by atoms with van der Waals surface area (Å²) in [6.45, 7) is 6.21. The summed E-state index contributed by atoms with van der Waals surface area (Å²) in [5.41, 5.74) is 2.00. The fourth-order valence-electron chi connectivity index (χ4n) is 4.75. The van der Waals surface area contributed by atoms with Crippen LogP contribution in [0.2, 0.25) is 0 Å². The van der Waals surface area contributed by atoms with Crippen molar-refractivity contribution >= 4 is 10.9 Å². The van der Waals surface area contributed by atoms with E-state index in [1.807, 2.05) is 30.5 Å². The second kappa shape index (κ2) is 7.67. The third-order valence-electron chi connectivity index (χ3n) is 6.12. The Kier molecular flexibility index (Phi) is 5.11. The van der Waals surface area contributed by atoms with Crippen molar-refractivity contribution in [2.75, 3.05) is 26.8 Å². The van der Waals surface area contributed by atoms with Crippen LogP contribution in [-0.2, 0) is 4.74 Å². The lowest BCUT2D eigenvalue weighted by Crippen LogP contribution is -2.55. The number of pyridine rings is 1. The average molecular weight is 363 g/mol. The Morgan fingerprint density at radius 2 is 2.33 bits per heavy atom. The third kappa shape index (κ3) is 3.31. The van der Waals surface area contributed by atoms with Crippen LogP contribution in [0, 0.1) is 23.2 Å². The monoisotopic (exact) mass is 363 g/mol. The third-order valence-corrected chi connectivity index (χ3v) is 6.12. The summed E-state index contributed by atoms with van der Waals surface area (Å²) in [6.07, 6.45) is 6.06. The van der Waals surface area contributed by atoms with E-state index in [1.165, 1.54) is 6.42 Å². The highest BCUT2D eigenvalue weighted by Gasteiger charge is 2.43. The lowest BCUT2D eigenvalue weighted by Gasteiger charge is -2.51. The number of nitriles is 1. The fraction of sp³-hybridized carbons (Fsp3) is 0.455. The summed E-state index contributed by atoms with van der Waals surface area (Å²) in [7, 11) is 1.67. The Hall–Kier alpha value is -2.42. The minimum absolute atomic E-state index is 0.0817. The molecule has 2 bridgehead atoms. The Morgan fingerprint density at radius 1 is 1.44 bits per heavy atom. The average Bonchev–Trinajstić information content (AvgIpc) is 2.74. The van der Waals surface area contributed by atoms with Crippen LogP contribution in [0.1, 0.15) is 24.5 Å². The molecule has 3 saturated heterocycles. The molecule has 0 aliphatic carbocycles. The zero-order chi connectivity index (χ0) is 18.8. The Balaban J connectivity index is 1.74. The van der Waals surface area contributed by atoms with E-state index in [-0.39, 0.29) is 18.8 Å². The summed E-state index contributed by atoms with van der Waals surface area (Å²) in [4.78, 5) is 7.01. The molecule has 4 heterocycles. The molecule has 5 rings (SSSR count). The minimum Gasteiger partial charge on any atom is -0.497 e. The molecule has 0 radical (unpaired) electrons. The van der Waals surface area contributed by atoms with Crippen molar-refractivity contribution in [1.29, 1.82) is 5.26 Å². The predicted molar refractivity (Wildman–Crippen MR) is 104 cm³/mol. The first-order chi connectivity index (χ1) is 13.2. The van der Waals surface area contributed by atoms with Gasteiger partial charge in [-0.3, -0.25) is 9.88 Å². The maximum Gasteiger partial charge on any atom is 0.134 e. The maximum atomic E-state index is 9.13. The highest BCUT2D eigenvalue weighted by atomic mass is 16.5. The molecule has 0 amide bonds. The molecule has 5 atom stereocenters. The molecule has 1 aromatic carbocycles. The summed E-state index contributed by atoms with van der Waals surface area (Å²) in [5.74, 6) is 2.00. The molecule has 2 aromatic rings. The number of aromatic nitrogens is 1. The van der Waals surface area contributed by atoms with E-state index in [0.29, 0.717) is 11.8 Å². The molecule has 3 aliphatic rings. The summed E-state index contributed by atoms with van der Waals surface area (Å²) >= 11 is 0. The fourth-order valence-corrected chi connectivity index (χ4v) is 4.75. The molecular formula is C22H25N3O2. The van der Waals surface area contributed by atoms with Crippen LogP contribution < -0.4 is 4.74 Å². The van der Waals surface area contributed by atoms with E-state index >= 15 is 0 Å². The van der Waals surface area contributed by atoms with Crippen LogP contribution in [0.15, 0.2) is 43.1 Å². The van der Waals surface area contributed by atoms with Gasteiger partial charge in [-0.2, -0.15) is 5.26 Å². The highest BCUT2D eigenvalue weighted by molar-refractivity contribution is 5.84. The number of fused-ring (bicyclic) bond motifs is 4. The van der Waals surface area contributed by atoms with Gasteiger partial charge in [0.1, 0.15) is 18.5 Å². The van der Waals surface area contributed by atoms with Gasteiger partial charge in [-0.15, -0.1) is 6.58 Å². The van der Waals surface area contributed by atoms with Gasteiger partial charge in [-0.1, -0.05) is 6.08 Å². The number of hydrogen-bond donors (Lipinski definition) is 0. The van der Waals surface area contributed by atoms with Crippen LogP contribution in [0.3, 0.4) is 0 Å². The number of piperidine rings is 3. The summed E-state index contributed by atoms with van der Waals surface area (Å²) < 4.78 is 11.5. The smallest absolute Gasteiger partial charge is 0.134 e. The molecular weight excluding hydrogens is 338 g/mol. The van der Waals surface area contributed by atoms with Gasteiger partial charge in [0.25, 0.3) is 0 Å². The van der Waals surface area contributed by atoms with Crippen LogP contribution in [0.5, 0.6) is 5.75 Å². The zero-order valence-electron chi connectivity index (χ0n) is 15.7. The molecule has 0 saturated carbocycles. The van der Waals surface area contributed by atoms with Crippen molar-refractivity contribution in [1.82, 2.24) is 9.88 Å². The molecule has 5 heteroatoms. The van der Waals surface area contributed by atoms with Gasteiger partial charge in [0, 0.05) is 24.2 Å². The Bertz CT molecular complexity index is 875. The van der Waals surface area contributed by atoms with Gasteiger partial charge in [-0.05, 0) is 61.1 Å². The predicted octanol–water partition coefficient (Wildman–Crippen LogP) is 3.72. The van der Waals surface area contributed by atoms with Gasteiger partial charge in [-0.25, -0.2) is 0 Å². The van der Waals surface area contributed by atoms with Gasteiger partial charge in [0.15, 0.2) is 0 Å². The van der Waals surface area contributed by atoms with E-state index in [9.17, 15) is 0 Å². The second-order valence-corrected chi connectivity index (χ2v) is 7.42. The summed E-state index contributed by atoms with van der Waals surface area (Å²) in [6, 6.07) is 10.4. The van der Waals surface area contributed by atoms with E-state index in [2.05, 4.69) is 28.6 Å². The number of benzene rings is 1. The first-order valence-corrected chi connectivity index (χ1v) is 9.53. The van der Waals surface area contributed by atoms with Gasteiger partial charge >= 0.3 is 0 Å². The first-order valence-electron chi connectivity index (χ1n) is 9.53. The minimum atomic E-state index is -0.157. The van der Waals surface area contributed by atoms with E-state index in [4.69, 9.17) is 14.7 Å². The zero-order valence-corrected chi connectivity index (χ0v) is 15.7. The van der Waals surface area contributed by atoms with Crippen molar-refractivity contribution in [2.24, 2.45) is 11.8 Å². The van der Waals surface area contributed by atoms with Crippen LogP contribution in [0.25, 0.3) is 10.9 Å². The number of rotatable bonds is 6. The largest absolute Gasteiger partial charge is 0.497 e. The molecule has 5 nitrogen and oxygen atoms in total. The van der Waals surface area contributed by atoms with Crippen LogP contribution >= 0.6 is 0 Å². The Morgan fingerprint density at radius 3 is 3.04 bits per heavy atom. The van der Waals surface area contributed by atoms with Crippen molar-refractivity contribution < 1.29 is 9.47 Å². The topological polar surface area (TPSA) is 58.4 Å². The molecule has 3 aliphatic heterocycles. The quantitative estimate of drug-likeness (QED) is 0.732. The first kappa shape index (κ1) is 18.0. The number of ether oxygens (including phenoxy) is 2. The highest BCUT2D eigenvalue weighted by Crippen LogP contribution is 2.43. The van der Waals surface area contributed by atoms with E-state index in [1.54, 1.807) is 7.11 Å². The molecule has 140 valence electrons. The standard InChI is InChI=1S/C22H25N3O2/c1-3-15-14-25-10-7-16(15)12-21(25)22(27-11-8-23)18-6-9-24-20-5-4-17(26-2)13-19(18)20/h3-6,9,13,15-16,21-22H,1,7,10-12,14H2,2H3/t15?,16?,21?,22-/m1/s1. The van der Waals surface area contributed by atoms with Gasteiger partial charge in [0.05, 0.1) is 18.7 Å². The summed E-state index contributed by atoms with van der Waals surface area (Å²) in [5, 5.41) is 10.2. The second-order valence-electron chi connectivity index (χ2n) is 7.42. The normalized spacial score (nSPS) is 27.9. The molecule has 1 aromatic heterocycles. The van der Waals surface area contributed by atoms with Crippen molar-refractivity contribution in [3.05, 3.63) is 48.7 Å². The van der Waals surface area contributed by atoms with Gasteiger partial charge in [0.2, 0.25) is 0 Å². The SMILES string of the molecule is C=CC1CN2CCC1CC2[C@H](OCC#N)c1ccnc2ccc(OC)cc12. The molecule has 4 unspecified atom stereocenters. The lowest BCUT2D eigenvalue weighted by atomic mass is 9.73. The van der Waals surface area contributed by atoms with Crippen molar-refractivity contribution in [3.8, 4) is 11.8 Å². The van der Waals surface area contributed by atoms with Crippen LogP contribution in [-0.4, -0.2) is 42.7 Å². The number of hydrogen-bond acceptors (Lipinski definition) is 5. The van der Waals surface area contributed by atoms with Gasteiger partial charge < -0.3 is 9.47 Å². The molecule has 0 N–H and O–H groups in total. The van der Waals surface area contributed by atoms with Crippen LogP contribution in [0.4, 0.5) is 0 Å². The van der Waals surface area contributed by atoms with E-state index < -0.39 is 0 Å². The number of methoxy groups -OCH3 is 1.